The average molecular weight is 373 g/mol. The molecule has 0 N–H and O–H groups in total. The molecule has 3 aromatic rings. The number of rotatable bonds is 2. The largest absolute Gasteiger partial charge is 0.492 e. The Kier molecular flexibility index (Phi) is 3.29. The van der Waals surface area contributed by atoms with Gasteiger partial charge < -0.3 is 19.1 Å². The molecule has 6 rings (SSSR count). The summed E-state index contributed by atoms with van der Waals surface area (Å²) in [6.07, 6.45) is 3.58. The Morgan fingerprint density at radius 1 is 0.857 bits per heavy atom. The van der Waals surface area contributed by atoms with Crippen LogP contribution in [-0.4, -0.2) is 36.3 Å². The lowest BCUT2D eigenvalue weighted by Gasteiger charge is -2.26. The van der Waals surface area contributed by atoms with Crippen molar-refractivity contribution in [2.45, 2.75) is 12.0 Å². The molecule has 140 valence electrons. The smallest absolute Gasteiger partial charge is 0.165 e. The molecule has 3 aliphatic heterocycles. The van der Waals surface area contributed by atoms with Crippen molar-refractivity contribution < 1.29 is 14.2 Å². The minimum atomic E-state index is -0.226. The van der Waals surface area contributed by atoms with Crippen LogP contribution in [0.5, 0.6) is 17.2 Å². The van der Waals surface area contributed by atoms with Gasteiger partial charge >= 0.3 is 0 Å². The molecule has 0 amide bonds. The number of anilines is 1. The highest BCUT2D eigenvalue weighted by Gasteiger charge is 2.50. The van der Waals surface area contributed by atoms with Crippen LogP contribution in [-0.2, 0) is 12.0 Å². The second-order valence-electron chi connectivity index (χ2n) is 7.40. The van der Waals surface area contributed by atoms with Gasteiger partial charge in [-0.2, -0.15) is 0 Å². The summed E-state index contributed by atoms with van der Waals surface area (Å²) in [6, 6.07) is 14.5. The lowest BCUT2D eigenvalue weighted by molar-refractivity contribution is 0.171. The maximum atomic E-state index is 6.16. The molecule has 0 fully saturated rings. The molecule has 1 aromatic heterocycles. The number of ether oxygens (including phenoxy) is 3. The second kappa shape index (κ2) is 5.86. The van der Waals surface area contributed by atoms with E-state index in [-0.39, 0.29) is 5.41 Å². The molecule has 6 nitrogen and oxygen atoms in total. The lowest BCUT2D eigenvalue weighted by Crippen LogP contribution is -2.36. The van der Waals surface area contributed by atoms with Gasteiger partial charge in [-0.3, -0.25) is 0 Å². The lowest BCUT2D eigenvalue weighted by atomic mass is 9.77. The molecular formula is C22H19N3O3. The zero-order valence-electron chi connectivity index (χ0n) is 15.3. The Bertz CT molecular complexity index is 1060. The number of benzene rings is 2. The van der Waals surface area contributed by atoms with E-state index >= 15 is 0 Å². The van der Waals surface area contributed by atoms with Gasteiger partial charge in [0.05, 0.1) is 12.0 Å². The summed E-state index contributed by atoms with van der Waals surface area (Å²) >= 11 is 0. The minimum absolute atomic E-state index is 0.226. The van der Waals surface area contributed by atoms with E-state index in [9.17, 15) is 0 Å². The van der Waals surface area contributed by atoms with Crippen molar-refractivity contribution >= 4 is 5.69 Å². The number of para-hydroxylation sites is 1. The normalized spacial score (nSPS) is 21.4. The molecule has 0 aliphatic carbocycles. The molecule has 0 radical (unpaired) electrons. The summed E-state index contributed by atoms with van der Waals surface area (Å²) in [5.41, 5.74) is 3.43. The maximum absolute atomic E-state index is 6.16. The van der Waals surface area contributed by atoms with Crippen molar-refractivity contribution in [1.29, 1.82) is 0 Å². The van der Waals surface area contributed by atoms with Crippen LogP contribution in [0.2, 0.25) is 0 Å². The molecule has 0 saturated carbocycles. The van der Waals surface area contributed by atoms with Crippen LogP contribution in [0.15, 0.2) is 54.9 Å². The molecule has 1 spiro atoms. The molecule has 2 aromatic carbocycles. The number of nitrogens with zero attached hydrogens (tertiary/aromatic N) is 3. The molecule has 1 unspecified atom stereocenters. The monoisotopic (exact) mass is 373 g/mol. The van der Waals surface area contributed by atoms with Crippen LogP contribution in [0.3, 0.4) is 0 Å². The van der Waals surface area contributed by atoms with Crippen LogP contribution >= 0.6 is 0 Å². The summed E-state index contributed by atoms with van der Waals surface area (Å²) in [7, 11) is 0. The van der Waals surface area contributed by atoms with Crippen molar-refractivity contribution in [3.05, 3.63) is 71.8 Å². The van der Waals surface area contributed by atoms with E-state index in [0.717, 1.165) is 29.6 Å². The third kappa shape index (κ3) is 2.21. The van der Waals surface area contributed by atoms with Crippen molar-refractivity contribution in [2.75, 3.05) is 31.3 Å². The van der Waals surface area contributed by atoms with Crippen LogP contribution in [0, 0.1) is 0 Å². The number of aromatic nitrogens is 2. The molecule has 0 bridgehead atoms. The summed E-state index contributed by atoms with van der Waals surface area (Å²) < 4.78 is 17.7. The number of hydrogen-bond acceptors (Lipinski definition) is 6. The molecule has 1 atom stereocenters. The van der Waals surface area contributed by atoms with Crippen molar-refractivity contribution in [1.82, 2.24) is 9.97 Å². The predicted molar refractivity (Wildman–Crippen MR) is 103 cm³/mol. The van der Waals surface area contributed by atoms with Crippen LogP contribution in [0.4, 0.5) is 5.69 Å². The average Bonchev–Trinajstić information content (AvgIpc) is 3.26. The summed E-state index contributed by atoms with van der Waals surface area (Å²) in [4.78, 5) is 11.2. The van der Waals surface area contributed by atoms with Gasteiger partial charge in [0.25, 0.3) is 0 Å². The van der Waals surface area contributed by atoms with Gasteiger partial charge in [0, 0.05) is 36.3 Å². The highest BCUT2D eigenvalue weighted by atomic mass is 16.6. The Morgan fingerprint density at radius 3 is 2.50 bits per heavy atom. The van der Waals surface area contributed by atoms with E-state index in [1.807, 2.05) is 12.1 Å². The molecule has 28 heavy (non-hydrogen) atoms. The van der Waals surface area contributed by atoms with Gasteiger partial charge in [-0.1, -0.05) is 18.2 Å². The second-order valence-corrected chi connectivity index (χ2v) is 7.40. The van der Waals surface area contributed by atoms with E-state index in [0.29, 0.717) is 26.4 Å². The van der Waals surface area contributed by atoms with E-state index < -0.39 is 0 Å². The van der Waals surface area contributed by atoms with Gasteiger partial charge in [-0.05, 0) is 23.8 Å². The zero-order valence-corrected chi connectivity index (χ0v) is 15.3. The Morgan fingerprint density at radius 2 is 1.64 bits per heavy atom. The Balaban J connectivity index is 1.45. The summed E-state index contributed by atoms with van der Waals surface area (Å²) in [5.74, 6) is 3.27. The van der Waals surface area contributed by atoms with E-state index in [4.69, 9.17) is 14.2 Å². The first-order valence-electron chi connectivity index (χ1n) is 9.51. The topological polar surface area (TPSA) is 56.7 Å². The van der Waals surface area contributed by atoms with Crippen LogP contribution < -0.4 is 19.1 Å². The van der Waals surface area contributed by atoms with Gasteiger partial charge in [0.15, 0.2) is 11.5 Å². The first kappa shape index (κ1) is 15.7. The SMILES string of the molecule is c1cnc(CN2CC3(COc4cc5c(cc43)OCCO5)c3ccccc32)nc1. The Hall–Kier alpha value is -3.28. The van der Waals surface area contributed by atoms with E-state index in [2.05, 4.69) is 45.2 Å². The molecule has 4 heterocycles. The van der Waals surface area contributed by atoms with E-state index in [1.165, 1.54) is 16.8 Å². The molecule has 6 heteroatoms. The van der Waals surface area contributed by atoms with Crippen molar-refractivity contribution in [3.63, 3.8) is 0 Å². The fraction of sp³-hybridized carbons (Fsp3) is 0.273. The number of fused-ring (bicyclic) bond motifs is 5. The fourth-order valence-corrected chi connectivity index (χ4v) is 4.57. The van der Waals surface area contributed by atoms with Crippen molar-refractivity contribution in [3.8, 4) is 17.2 Å². The van der Waals surface area contributed by atoms with Gasteiger partial charge in [-0.15, -0.1) is 0 Å². The highest BCUT2D eigenvalue weighted by Crippen LogP contribution is 2.54. The standard InChI is InChI=1S/C22H19N3O3/c1-2-5-17-15(4-1)22(13-25(17)12-21-23-6-3-7-24-21)14-28-18-11-20-19(10-16(18)22)26-8-9-27-20/h1-7,10-11H,8-9,12-14H2. The first-order valence-corrected chi connectivity index (χ1v) is 9.51. The summed E-state index contributed by atoms with van der Waals surface area (Å²) in [6.45, 7) is 3.24. The molecule has 3 aliphatic rings. The maximum Gasteiger partial charge on any atom is 0.165 e. The summed E-state index contributed by atoms with van der Waals surface area (Å²) in [5, 5.41) is 0. The molecular weight excluding hydrogens is 354 g/mol. The van der Waals surface area contributed by atoms with Crippen molar-refractivity contribution in [2.24, 2.45) is 0 Å². The van der Waals surface area contributed by atoms with Gasteiger partial charge in [0.2, 0.25) is 0 Å². The van der Waals surface area contributed by atoms with Gasteiger partial charge in [-0.25, -0.2) is 9.97 Å². The highest BCUT2D eigenvalue weighted by molar-refractivity contribution is 5.70. The van der Waals surface area contributed by atoms with Crippen LogP contribution in [0.25, 0.3) is 0 Å². The quantitative estimate of drug-likeness (QED) is 0.688. The third-order valence-corrected chi connectivity index (χ3v) is 5.81. The van der Waals surface area contributed by atoms with Gasteiger partial charge in [0.1, 0.15) is 31.4 Å². The zero-order chi connectivity index (χ0) is 18.6. The third-order valence-electron chi connectivity index (χ3n) is 5.81. The fourth-order valence-electron chi connectivity index (χ4n) is 4.57. The molecule has 0 saturated heterocycles. The predicted octanol–water partition coefficient (Wildman–Crippen LogP) is 2.95. The van der Waals surface area contributed by atoms with E-state index in [1.54, 1.807) is 12.4 Å². The van der Waals surface area contributed by atoms with Crippen LogP contribution in [0.1, 0.15) is 17.0 Å². The first-order chi connectivity index (χ1) is 13.8. The minimum Gasteiger partial charge on any atom is -0.492 e. The number of hydrogen-bond donors (Lipinski definition) is 0. The Labute approximate surface area is 162 Å².